The molecule has 1 unspecified atom stereocenters. The van der Waals surface area contributed by atoms with Gasteiger partial charge in [0.25, 0.3) is 0 Å². The molecule has 1 atom stereocenters. The first-order chi connectivity index (χ1) is 18.7. The van der Waals surface area contributed by atoms with Crippen molar-refractivity contribution in [1.82, 2.24) is 0 Å². The summed E-state index contributed by atoms with van der Waals surface area (Å²) in [6, 6.07) is 11.5. The average Bonchev–Trinajstić information content (AvgIpc) is 2.88. The van der Waals surface area contributed by atoms with Gasteiger partial charge in [0.15, 0.2) is 0 Å². The van der Waals surface area contributed by atoms with Gasteiger partial charge in [0.05, 0.1) is 7.11 Å². The van der Waals surface area contributed by atoms with E-state index in [2.05, 4.69) is 0 Å². The predicted octanol–water partition coefficient (Wildman–Crippen LogP) is 9.62. The number of rotatable bonds is 12. The molecule has 0 aliphatic heterocycles. The Morgan fingerprint density at radius 1 is 0.500 bits per heavy atom. The van der Waals surface area contributed by atoms with Crippen molar-refractivity contribution >= 4 is 0 Å². The third kappa shape index (κ3) is 5.44. The lowest BCUT2D eigenvalue weighted by Crippen LogP contribution is -2.74. The first kappa shape index (κ1) is 35.2. The normalized spacial score (nSPS) is 15.5. The summed E-state index contributed by atoms with van der Waals surface area (Å²) in [5, 5.41) is 0. The molecule has 0 fully saturated rings. The lowest BCUT2D eigenvalue weighted by molar-refractivity contribution is -0.461. The largest absolute Gasteiger partial charge is 0.497 e. The number of methoxy groups -OCH3 is 1. The van der Waals surface area contributed by atoms with Gasteiger partial charge in [-0.1, -0.05) is 42.5 Å². The molecule has 0 heterocycles. The molecule has 0 amide bonds. The average molecular weight is 644 g/mol. The van der Waals surface area contributed by atoms with Crippen LogP contribution in [0.15, 0.2) is 54.6 Å². The Kier molecular flexibility index (Phi) is 9.19. The number of hydrogen-bond acceptors (Lipinski definition) is 1. The van der Waals surface area contributed by atoms with Gasteiger partial charge in [0, 0.05) is 12.3 Å². The minimum Gasteiger partial charge on any atom is -0.497 e. The highest BCUT2D eigenvalue weighted by molar-refractivity contribution is 5.36. The summed E-state index contributed by atoms with van der Waals surface area (Å²) in [7, 11) is 1.23. The summed E-state index contributed by atoms with van der Waals surface area (Å²) in [4.78, 5) is 0. The predicted molar refractivity (Wildman–Crippen MR) is 111 cm³/mol. The van der Waals surface area contributed by atoms with Gasteiger partial charge in [-0.25, -0.2) is 0 Å². The lowest BCUT2D eigenvalue weighted by atomic mass is 9.83. The second-order valence-corrected chi connectivity index (χ2v) is 8.92. The number of alkyl halides is 17. The molecule has 0 saturated carbocycles. The highest BCUT2D eigenvalue weighted by Crippen LogP contribution is 2.64. The highest BCUT2D eigenvalue weighted by Gasteiger charge is 2.95. The molecule has 2 aromatic carbocycles. The zero-order chi connectivity index (χ0) is 32.8. The molecule has 2 aromatic rings. The Morgan fingerprint density at radius 2 is 0.881 bits per heavy atom. The van der Waals surface area contributed by atoms with Crippen LogP contribution in [0.1, 0.15) is 29.9 Å². The molecular weight excluding hydrogens is 627 g/mol. The summed E-state index contributed by atoms with van der Waals surface area (Å²) in [5.74, 6) is -57.6. The van der Waals surface area contributed by atoms with Crippen LogP contribution in [0.2, 0.25) is 0 Å². The summed E-state index contributed by atoms with van der Waals surface area (Å²) >= 11 is 0. The first-order valence-corrected chi connectivity index (χ1v) is 11.1. The minimum atomic E-state index is -8.64. The third-order valence-electron chi connectivity index (χ3n) is 6.25. The van der Waals surface area contributed by atoms with Crippen LogP contribution in [-0.2, 0) is 0 Å². The molecule has 238 valence electrons. The molecule has 0 aliphatic rings. The Morgan fingerprint density at radius 3 is 1.29 bits per heavy atom. The van der Waals surface area contributed by atoms with E-state index in [1.54, 1.807) is 0 Å². The van der Waals surface area contributed by atoms with E-state index < -0.39 is 66.4 Å². The van der Waals surface area contributed by atoms with Crippen LogP contribution in [0.4, 0.5) is 74.6 Å². The minimum absolute atomic E-state index is 0.0405. The van der Waals surface area contributed by atoms with Gasteiger partial charge in [-0.05, 0) is 29.7 Å². The van der Waals surface area contributed by atoms with Crippen LogP contribution < -0.4 is 4.74 Å². The van der Waals surface area contributed by atoms with Gasteiger partial charge < -0.3 is 4.74 Å². The van der Waals surface area contributed by atoms with Crippen LogP contribution in [0.5, 0.6) is 5.75 Å². The van der Waals surface area contributed by atoms with E-state index in [0.29, 0.717) is 0 Å². The second-order valence-electron chi connectivity index (χ2n) is 8.92. The Bertz CT molecular complexity index is 1190. The van der Waals surface area contributed by atoms with E-state index in [9.17, 15) is 74.6 Å². The second kappa shape index (κ2) is 11.0. The van der Waals surface area contributed by atoms with E-state index in [1.165, 1.54) is 61.7 Å². The van der Waals surface area contributed by atoms with Crippen LogP contribution in [0, 0.1) is 0 Å². The molecular formula is C24H17F17O. The number of halogens is 17. The van der Waals surface area contributed by atoms with Crippen LogP contribution in [0.3, 0.4) is 0 Å². The van der Waals surface area contributed by atoms with Crippen LogP contribution >= 0.6 is 0 Å². The summed E-state index contributed by atoms with van der Waals surface area (Å²) in [6.45, 7) is 0. The molecule has 0 aliphatic carbocycles. The molecule has 2 rings (SSSR count). The van der Waals surface area contributed by atoms with Gasteiger partial charge >= 0.3 is 47.6 Å². The smallest absolute Gasteiger partial charge is 0.460 e. The van der Waals surface area contributed by atoms with Crippen molar-refractivity contribution in [3.05, 3.63) is 65.7 Å². The molecule has 18 heteroatoms. The molecule has 1 nitrogen and oxygen atoms in total. The number of benzene rings is 2. The fourth-order valence-electron chi connectivity index (χ4n) is 3.73. The third-order valence-corrected chi connectivity index (χ3v) is 6.25. The molecule has 0 N–H and O–H groups in total. The van der Waals surface area contributed by atoms with Crippen molar-refractivity contribution in [2.75, 3.05) is 7.11 Å². The van der Waals surface area contributed by atoms with Gasteiger partial charge in [-0.3, -0.25) is 0 Å². The molecule has 0 radical (unpaired) electrons. The van der Waals surface area contributed by atoms with Crippen LogP contribution in [-0.4, -0.2) is 54.7 Å². The summed E-state index contributed by atoms with van der Waals surface area (Å²) in [6.07, 6.45) is -11.6. The fourth-order valence-corrected chi connectivity index (χ4v) is 3.73. The fraction of sp³-hybridized carbons (Fsp3) is 0.500. The molecule has 0 aromatic heterocycles. The number of hydrogen-bond donors (Lipinski definition) is 0. The SMILES string of the molecule is COc1ccc(C(CCC(F)(F)C(F)(F)C(F)(F)C(F)(F)C(F)(F)C(F)(F)C(F)(F)C(F)(F)F)c2ccccc2)cc1. The van der Waals surface area contributed by atoms with E-state index in [-0.39, 0.29) is 16.9 Å². The summed E-state index contributed by atoms with van der Waals surface area (Å²) < 4.78 is 235. The zero-order valence-corrected chi connectivity index (χ0v) is 20.5. The van der Waals surface area contributed by atoms with E-state index >= 15 is 0 Å². The molecule has 42 heavy (non-hydrogen) atoms. The number of ether oxygens (including phenoxy) is 1. The Balaban J connectivity index is 2.51. The Labute approximate surface area is 225 Å². The van der Waals surface area contributed by atoms with Crippen molar-refractivity contribution in [2.24, 2.45) is 0 Å². The van der Waals surface area contributed by atoms with Crippen molar-refractivity contribution in [2.45, 2.75) is 66.4 Å². The summed E-state index contributed by atoms with van der Waals surface area (Å²) in [5.41, 5.74) is 0.109. The Hall–Kier alpha value is -2.95. The topological polar surface area (TPSA) is 9.23 Å². The highest BCUT2D eigenvalue weighted by atomic mass is 19.4. The molecule has 0 saturated heterocycles. The standard InChI is InChI=1S/C24H17F17O/c1-42-15-9-7-14(8-10-15)16(13-5-3-2-4-6-13)11-12-17(25,26)18(27,28)19(29,30)20(31,32)21(33,34)22(35,36)23(37,38)24(39,40)41/h2-10,16H,11-12H2,1H3. The quantitative estimate of drug-likeness (QED) is 0.209. The maximum atomic E-state index is 14.5. The van der Waals surface area contributed by atoms with Crippen LogP contribution in [0.25, 0.3) is 0 Å². The van der Waals surface area contributed by atoms with Crippen molar-refractivity contribution in [1.29, 1.82) is 0 Å². The molecule has 0 bridgehead atoms. The van der Waals surface area contributed by atoms with Gasteiger partial charge in [0.2, 0.25) is 0 Å². The van der Waals surface area contributed by atoms with E-state index in [4.69, 9.17) is 4.74 Å². The first-order valence-electron chi connectivity index (χ1n) is 11.1. The zero-order valence-electron chi connectivity index (χ0n) is 20.5. The van der Waals surface area contributed by atoms with Gasteiger partial charge in [-0.2, -0.15) is 74.6 Å². The maximum absolute atomic E-state index is 14.5. The van der Waals surface area contributed by atoms with Crippen molar-refractivity contribution < 1.29 is 79.4 Å². The van der Waals surface area contributed by atoms with Gasteiger partial charge in [-0.15, -0.1) is 0 Å². The molecule has 0 spiro atoms. The lowest BCUT2D eigenvalue weighted by Gasteiger charge is -2.43. The maximum Gasteiger partial charge on any atom is 0.460 e. The van der Waals surface area contributed by atoms with Gasteiger partial charge in [0.1, 0.15) is 5.75 Å². The van der Waals surface area contributed by atoms with E-state index in [1.807, 2.05) is 0 Å². The van der Waals surface area contributed by atoms with E-state index in [0.717, 1.165) is 0 Å². The monoisotopic (exact) mass is 644 g/mol. The van der Waals surface area contributed by atoms with Crippen molar-refractivity contribution in [3.63, 3.8) is 0 Å². The van der Waals surface area contributed by atoms with Crippen molar-refractivity contribution in [3.8, 4) is 5.75 Å².